The molecule has 3 aromatic rings. The second-order valence-corrected chi connectivity index (χ2v) is 9.93. The third kappa shape index (κ3) is 6.98. The normalized spacial score (nSPS) is 14.3. The fourth-order valence-electron chi connectivity index (χ4n) is 3.83. The van der Waals surface area contributed by atoms with Gasteiger partial charge in [-0.05, 0) is 54.9 Å². The standard InChI is InChI=1S/C28H28ClN3O2S/c1-31(16-14-21-8-3-2-4-9-21)17-15-30-27(33)20-32-24-12-5-6-13-25(24)35-26(28(32)34)19-22-10-7-11-23(29)18-22/h2-13,18-19H,14-17,20H2,1H3,(H,30,33)/b26-19-. The minimum Gasteiger partial charge on any atom is -0.353 e. The first-order valence-corrected chi connectivity index (χ1v) is 12.7. The summed E-state index contributed by atoms with van der Waals surface area (Å²) in [6, 6.07) is 25.4. The Morgan fingerprint density at radius 1 is 1.03 bits per heavy atom. The number of halogens is 1. The van der Waals surface area contributed by atoms with Crippen molar-refractivity contribution in [2.24, 2.45) is 0 Å². The molecule has 1 heterocycles. The van der Waals surface area contributed by atoms with Crippen LogP contribution in [-0.2, 0) is 16.0 Å². The number of carbonyl (C=O) groups excluding carboxylic acids is 2. The van der Waals surface area contributed by atoms with E-state index in [-0.39, 0.29) is 18.4 Å². The van der Waals surface area contributed by atoms with Gasteiger partial charge in [0.15, 0.2) is 0 Å². The Morgan fingerprint density at radius 3 is 2.60 bits per heavy atom. The number of para-hydroxylation sites is 1. The maximum Gasteiger partial charge on any atom is 0.265 e. The summed E-state index contributed by atoms with van der Waals surface area (Å²) in [6.45, 7) is 2.14. The summed E-state index contributed by atoms with van der Waals surface area (Å²) in [7, 11) is 2.05. The minimum absolute atomic E-state index is 0.0307. The Balaban J connectivity index is 1.36. The van der Waals surface area contributed by atoms with Crippen molar-refractivity contribution in [3.63, 3.8) is 0 Å². The summed E-state index contributed by atoms with van der Waals surface area (Å²) < 4.78 is 0. The summed E-state index contributed by atoms with van der Waals surface area (Å²) in [4.78, 5) is 31.3. The molecule has 1 N–H and O–H groups in total. The fraction of sp³-hybridized carbons (Fsp3) is 0.214. The summed E-state index contributed by atoms with van der Waals surface area (Å²) >= 11 is 7.52. The molecule has 0 unspecified atom stereocenters. The van der Waals surface area contributed by atoms with Gasteiger partial charge in [-0.3, -0.25) is 14.5 Å². The summed E-state index contributed by atoms with van der Waals surface area (Å²) in [6.07, 6.45) is 2.78. The molecule has 3 aromatic carbocycles. The van der Waals surface area contributed by atoms with Gasteiger partial charge in [0.05, 0.1) is 10.6 Å². The minimum atomic E-state index is -0.191. The van der Waals surface area contributed by atoms with Gasteiger partial charge >= 0.3 is 0 Å². The molecular formula is C28H28ClN3O2S. The van der Waals surface area contributed by atoms with E-state index >= 15 is 0 Å². The molecule has 0 spiro atoms. The fourth-order valence-corrected chi connectivity index (χ4v) is 5.09. The Labute approximate surface area is 215 Å². The van der Waals surface area contributed by atoms with Crippen LogP contribution in [0.3, 0.4) is 0 Å². The van der Waals surface area contributed by atoms with Crippen molar-refractivity contribution < 1.29 is 9.59 Å². The first-order chi connectivity index (χ1) is 17.0. The van der Waals surface area contributed by atoms with Crippen LogP contribution in [0.2, 0.25) is 5.02 Å². The highest BCUT2D eigenvalue weighted by Gasteiger charge is 2.30. The first kappa shape index (κ1) is 25.0. The van der Waals surface area contributed by atoms with Gasteiger partial charge in [0.25, 0.3) is 5.91 Å². The predicted molar refractivity (Wildman–Crippen MR) is 145 cm³/mol. The van der Waals surface area contributed by atoms with E-state index in [1.165, 1.54) is 17.3 Å². The number of hydrogen-bond donors (Lipinski definition) is 1. The van der Waals surface area contributed by atoms with Gasteiger partial charge in [-0.1, -0.05) is 78.0 Å². The molecule has 5 nitrogen and oxygen atoms in total. The van der Waals surface area contributed by atoms with Gasteiger partial charge in [0.2, 0.25) is 5.91 Å². The Bertz CT molecular complexity index is 1220. The number of nitrogens with zero attached hydrogens (tertiary/aromatic N) is 2. The summed E-state index contributed by atoms with van der Waals surface area (Å²) in [5, 5.41) is 3.57. The second kappa shape index (κ2) is 12.1. The largest absolute Gasteiger partial charge is 0.353 e. The molecule has 0 radical (unpaired) electrons. The third-order valence-electron chi connectivity index (χ3n) is 5.72. The van der Waals surface area contributed by atoms with E-state index in [0.29, 0.717) is 16.5 Å². The van der Waals surface area contributed by atoms with Crippen molar-refractivity contribution in [2.45, 2.75) is 11.3 Å². The SMILES string of the molecule is CN(CCNC(=O)CN1C(=O)/C(=C/c2cccc(Cl)c2)Sc2ccccc21)CCc1ccccc1. The molecule has 1 aliphatic rings. The quantitative estimate of drug-likeness (QED) is 0.410. The molecule has 35 heavy (non-hydrogen) atoms. The van der Waals surface area contributed by atoms with Crippen LogP contribution >= 0.6 is 23.4 Å². The van der Waals surface area contributed by atoms with Crippen LogP contribution in [-0.4, -0.2) is 49.9 Å². The highest BCUT2D eigenvalue weighted by atomic mass is 35.5. The molecule has 0 atom stereocenters. The van der Waals surface area contributed by atoms with Crippen molar-refractivity contribution in [3.8, 4) is 0 Å². The van der Waals surface area contributed by atoms with Crippen LogP contribution in [0.25, 0.3) is 6.08 Å². The number of rotatable bonds is 9. The van der Waals surface area contributed by atoms with Crippen LogP contribution in [0.5, 0.6) is 0 Å². The third-order valence-corrected chi connectivity index (χ3v) is 7.03. The summed E-state index contributed by atoms with van der Waals surface area (Å²) in [5.74, 6) is -0.373. The smallest absolute Gasteiger partial charge is 0.265 e. The van der Waals surface area contributed by atoms with Gasteiger partial charge in [-0.25, -0.2) is 0 Å². The lowest BCUT2D eigenvalue weighted by atomic mass is 10.1. The van der Waals surface area contributed by atoms with Crippen molar-refractivity contribution in [1.29, 1.82) is 0 Å². The van der Waals surface area contributed by atoms with E-state index in [2.05, 4.69) is 22.3 Å². The number of carbonyl (C=O) groups is 2. The zero-order chi connectivity index (χ0) is 24.6. The predicted octanol–water partition coefficient (Wildman–Crippen LogP) is 5.11. The molecule has 180 valence electrons. The van der Waals surface area contributed by atoms with Crippen molar-refractivity contribution >= 4 is 46.9 Å². The average molecular weight is 506 g/mol. The molecule has 4 rings (SSSR count). The number of nitrogens with one attached hydrogen (secondary N) is 1. The van der Waals surface area contributed by atoms with E-state index in [1.54, 1.807) is 11.0 Å². The lowest BCUT2D eigenvalue weighted by Crippen LogP contribution is -2.44. The summed E-state index contributed by atoms with van der Waals surface area (Å²) in [5.41, 5.74) is 2.89. The molecule has 1 aliphatic heterocycles. The van der Waals surface area contributed by atoms with Crippen LogP contribution in [0.15, 0.2) is 88.7 Å². The van der Waals surface area contributed by atoms with E-state index < -0.39 is 0 Å². The van der Waals surface area contributed by atoms with E-state index in [1.807, 2.05) is 73.8 Å². The van der Waals surface area contributed by atoms with Crippen molar-refractivity contribution in [3.05, 3.63) is 99.9 Å². The molecular weight excluding hydrogens is 478 g/mol. The molecule has 0 saturated carbocycles. The van der Waals surface area contributed by atoms with Gasteiger partial charge in [-0.2, -0.15) is 0 Å². The molecule has 0 aromatic heterocycles. The number of likely N-dealkylation sites (N-methyl/N-ethyl adjacent to an activating group) is 1. The van der Waals surface area contributed by atoms with Gasteiger partial charge < -0.3 is 10.2 Å². The zero-order valence-electron chi connectivity index (χ0n) is 19.6. The number of hydrogen-bond acceptors (Lipinski definition) is 4. The van der Waals surface area contributed by atoms with Crippen LogP contribution in [0.4, 0.5) is 5.69 Å². The Morgan fingerprint density at radius 2 is 1.80 bits per heavy atom. The number of thioether (sulfide) groups is 1. The topological polar surface area (TPSA) is 52.7 Å². The zero-order valence-corrected chi connectivity index (χ0v) is 21.2. The highest BCUT2D eigenvalue weighted by molar-refractivity contribution is 8.04. The number of fused-ring (bicyclic) bond motifs is 1. The molecule has 0 bridgehead atoms. The maximum atomic E-state index is 13.3. The van der Waals surface area contributed by atoms with E-state index in [9.17, 15) is 9.59 Å². The highest BCUT2D eigenvalue weighted by Crippen LogP contribution is 2.41. The van der Waals surface area contributed by atoms with Gasteiger partial charge in [0, 0.05) is 29.6 Å². The average Bonchev–Trinajstić information content (AvgIpc) is 2.86. The molecule has 0 aliphatic carbocycles. The molecule has 2 amide bonds. The van der Waals surface area contributed by atoms with E-state index in [0.717, 1.165) is 35.7 Å². The maximum absolute atomic E-state index is 13.3. The number of benzene rings is 3. The number of anilines is 1. The lowest BCUT2D eigenvalue weighted by Gasteiger charge is -2.30. The van der Waals surface area contributed by atoms with E-state index in [4.69, 9.17) is 11.6 Å². The molecule has 0 saturated heterocycles. The molecule has 7 heteroatoms. The Hall–Kier alpha value is -3.06. The number of amides is 2. The van der Waals surface area contributed by atoms with Crippen molar-refractivity contribution in [2.75, 3.05) is 38.1 Å². The van der Waals surface area contributed by atoms with Crippen molar-refractivity contribution in [1.82, 2.24) is 10.2 Å². The Kier molecular flexibility index (Phi) is 8.64. The van der Waals surface area contributed by atoms with Crippen LogP contribution < -0.4 is 10.2 Å². The van der Waals surface area contributed by atoms with Gasteiger partial charge in [0.1, 0.15) is 6.54 Å². The first-order valence-electron chi connectivity index (χ1n) is 11.5. The van der Waals surface area contributed by atoms with Gasteiger partial charge in [-0.15, -0.1) is 0 Å². The molecule has 0 fully saturated rings. The van der Waals surface area contributed by atoms with Crippen LogP contribution in [0.1, 0.15) is 11.1 Å². The van der Waals surface area contributed by atoms with Crippen LogP contribution in [0, 0.1) is 0 Å². The monoisotopic (exact) mass is 505 g/mol. The lowest BCUT2D eigenvalue weighted by molar-refractivity contribution is -0.122. The second-order valence-electron chi connectivity index (χ2n) is 8.41.